The lowest BCUT2D eigenvalue weighted by atomic mass is 10.0. The first-order chi connectivity index (χ1) is 12.5. The Labute approximate surface area is 155 Å². The van der Waals surface area contributed by atoms with Crippen molar-refractivity contribution in [2.45, 2.75) is 19.4 Å². The number of rotatable bonds is 6. The first kappa shape index (κ1) is 18.2. The molecule has 4 nitrogen and oxygen atoms in total. The molecule has 1 N–H and O–H groups in total. The second-order valence-corrected chi connectivity index (χ2v) is 6.98. The average molecular weight is 349 g/mol. The number of nitrogens with zero attached hydrogens (tertiary/aromatic N) is 2. The number of benzene rings is 2. The van der Waals surface area contributed by atoms with Crippen LogP contribution in [0.1, 0.15) is 34.6 Å². The molecule has 0 saturated carbocycles. The second kappa shape index (κ2) is 7.75. The SMILES string of the molecule is CCc1c(C(=O)N(C)C(CN(C)C)c2ccccc2)[nH]c2ccccc12. The molecule has 0 aliphatic rings. The van der Waals surface area contributed by atoms with Crippen molar-refractivity contribution in [3.8, 4) is 0 Å². The van der Waals surface area contributed by atoms with Gasteiger partial charge in [0.15, 0.2) is 0 Å². The lowest BCUT2D eigenvalue weighted by Gasteiger charge is -2.31. The summed E-state index contributed by atoms with van der Waals surface area (Å²) in [5.74, 6) is 0.0359. The number of carbonyl (C=O) groups excluding carboxylic acids is 1. The minimum Gasteiger partial charge on any atom is -0.350 e. The Bertz CT molecular complexity index is 883. The topological polar surface area (TPSA) is 39.3 Å². The molecule has 0 fully saturated rings. The van der Waals surface area contributed by atoms with Crippen LogP contribution in [0.4, 0.5) is 0 Å². The van der Waals surface area contributed by atoms with E-state index in [0.717, 1.165) is 35.0 Å². The number of hydrogen-bond donors (Lipinski definition) is 1. The van der Waals surface area contributed by atoms with Gasteiger partial charge in [-0.2, -0.15) is 0 Å². The van der Waals surface area contributed by atoms with Gasteiger partial charge < -0.3 is 14.8 Å². The van der Waals surface area contributed by atoms with Gasteiger partial charge in [0.2, 0.25) is 0 Å². The maximum Gasteiger partial charge on any atom is 0.270 e. The zero-order chi connectivity index (χ0) is 18.7. The summed E-state index contributed by atoms with van der Waals surface area (Å²) in [4.78, 5) is 20.7. The minimum absolute atomic E-state index is 0.00480. The van der Waals surface area contributed by atoms with E-state index in [1.807, 2.05) is 62.4 Å². The van der Waals surface area contributed by atoms with Gasteiger partial charge in [0.25, 0.3) is 5.91 Å². The fourth-order valence-electron chi connectivity index (χ4n) is 3.54. The molecule has 0 aliphatic carbocycles. The molecule has 1 aromatic heterocycles. The number of aromatic amines is 1. The summed E-state index contributed by atoms with van der Waals surface area (Å²) in [7, 11) is 5.97. The lowest BCUT2D eigenvalue weighted by molar-refractivity contribution is 0.0699. The third kappa shape index (κ3) is 3.51. The van der Waals surface area contributed by atoms with Crippen LogP contribution in [-0.4, -0.2) is 48.4 Å². The van der Waals surface area contributed by atoms with E-state index in [2.05, 4.69) is 35.0 Å². The van der Waals surface area contributed by atoms with Crippen LogP contribution in [-0.2, 0) is 6.42 Å². The van der Waals surface area contributed by atoms with Crippen molar-refractivity contribution in [2.24, 2.45) is 0 Å². The first-order valence-corrected chi connectivity index (χ1v) is 9.09. The molecule has 2 aromatic carbocycles. The quantitative estimate of drug-likeness (QED) is 0.727. The summed E-state index contributed by atoms with van der Waals surface area (Å²) in [5, 5.41) is 1.13. The zero-order valence-corrected chi connectivity index (χ0v) is 16.0. The number of hydrogen-bond acceptors (Lipinski definition) is 2. The largest absolute Gasteiger partial charge is 0.350 e. The molecular formula is C22H27N3O. The maximum absolute atomic E-state index is 13.4. The van der Waals surface area contributed by atoms with E-state index >= 15 is 0 Å². The Hall–Kier alpha value is -2.59. The zero-order valence-electron chi connectivity index (χ0n) is 16.0. The fraction of sp³-hybridized carbons (Fsp3) is 0.318. The molecule has 0 spiro atoms. The maximum atomic E-state index is 13.4. The van der Waals surface area contributed by atoms with Gasteiger partial charge in [0, 0.05) is 24.5 Å². The molecule has 1 atom stereocenters. The number of nitrogens with one attached hydrogen (secondary N) is 1. The number of fused-ring (bicyclic) bond motifs is 1. The van der Waals surface area contributed by atoms with Gasteiger partial charge in [-0.1, -0.05) is 55.5 Å². The highest BCUT2D eigenvalue weighted by atomic mass is 16.2. The van der Waals surface area contributed by atoms with Gasteiger partial charge in [0.05, 0.1) is 6.04 Å². The highest BCUT2D eigenvalue weighted by molar-refractivity contribution is 6.01. The molecule has 3 rings (SSSR count). The molecule has 0 bridgehead atoms. The van der Waals surface area contributed by atoms with Crippen LogP contribution in [0.3, 0.4) is 0 Å². The molecule has 4 heteroatoms. The predicted octanol–water partition coefficient (Wildman–Crippen LogP) is 4.11. The first-order valence-electron chi connectivity index (χ1n) is 9.09. The molecule has 0 saturated heterocycles. The van der Waals surface area contributed by atoms with Gasteiger partial charge in [-0.05, 0) is 37.7 Å². The molecule has 136 valence electrons. The van der Waals surface area contributed by atoms with Crippen molar-refractivity contribution in [3.63, 3.8) is 0 Å². The van der Waals surface area contributed by atoms with Gasteiger partial charge in [-0.15, -0.1) is 0 Å². The monoisotopic (exact) mass is 349 g/mol. The number of amides is 1. The third-order valence-corrected chi connectivity index (χ3v) is 4.89. The van der Waals surface area contributed by atoms with E-state index in [9.17, 15) is 4.79 Å². The minimum atomic E-state index is -0.00480. The standard InChI is InChI=1S/C22H27N3O/c1-5-17-18-13-9-10-14-19(18)23-21(17)22(26)25(4)20(15-24(2)3)16-11-7-6-8-12-16/h6-14,20,23H,5,15H2,1-4H3. The molecule has 1 amide bonds. The highest BCUT2D eigenvalue weighted by Crippen LogP contribution is 2.27. The van der Waals surface area contributed by atoms with Crippen LogP contribution in [0.15, 0.2) is 54.6 Å². The number of aryl methyl sites for hydroxylation is 1. The van der Waals surface area contributed by atoms with Crippen molar-refractivity contribution < 1.29 is 4.79 Å². The Morgan fingerprint density at radius 3 is 2.31 bits per heavy atom. The Morgan fingerprint density at radius 1 is 1.00 bits per heavy atom. The fourth-order valence-corrected chi connectivity index (χ4v) is 3.54. The van der Waals surface area contributed by atoms with Crippen LogP contribution in [0, 0.1) is 0 Å². The summed E-state index contributed by atoms with van der Waals surface area (Å²) in [6, 6.07) is 18.3. The second-order valence-electron chi connectivity index (χ2n) is 6.98. The van der Waals surface area contributed by atoms with Crippen LogP contribution in [0.25, 0.3) is 10.9 Å². The Kier molecular flexibility index (Phi) is 5.43. The van der Waals surface area contributed by atoms with E-state index in [1.165, 1.54) is 0 Å². The van der Waals surface area contributed by atoms with Gasteiger partial charge in [-0.3, -0.25) is 4.79 Å². The smallest absolute Gasteiger partial charge is 0.270 e. The molecule has 0 aliphatic heterocycles. The van der Waals surface area contributed by atoms with Crippen molar-refractivity contribution >= 4 is 16.8 Å². The Balaban J connectivity index is 1.99. The number of aromatic nitrogens is 1. The molecule has 1 heterocycles. The normalized spacial score (nSPS) is 12.5. The van der Waals surface area contributed by atoms with Crippen LogP contribution < -0.4 is 0 Å². The van der Waals surface area contributed by atoms with Crippen LogP contribution >= 0.6 is 0 Å². The summed E-state index contributed by atoms with van der Waals surface area (Å²) < 4.78 is 0. The van der Waals surface area contributed by atoms with E-state index in [4.69, 9.17) is 0 Å². The molecule has 3 aromatic rings. The van der Waals surface area contributed by atoms with E-state index < -0.39 is 0 Å². The average Bonchev–Trinajstić information content (AvgIpc) is 3.04. The molecule has 26 heavy (non-hydrogen) atoms. The van der Waals surface area contributed by atoms with Crippen LogP contribution in [0.5, 0.6) is 0 Å². The van der Waals surface area contributed by atoms with Crippen molar-refractivity contribution in [1.82, 2.24) is 14.8 Å². The summed E-state index contributed by atoms with van der Waals surface area (Å²) in [6.45, 7) is 2.87. The number of H-pyrrole nitrogens is 1. The van der Waals surface area contributed by atoms with E-state index in [0.29, 0.717) is 5.69 Å². The molecule has 0 radical (unpaired) electrons. The number of carbonyl (C=O) groups is 1. The van der Waals surface area contributed by atoms with Crippen molar-refractivity contribution in [2.75, 3.05) is 27.7 Å². The number of para-hydroxylation sites is 1. The molecule has 1 unspecified atom stereocenters. The predicted molar refractivity (Wildman–Crippen MR) is 108 cm³/mol. The summed E-state index contributed by atoms with van der Waals surface area (Å²) in [5.41, 5.74) is 3.96. The van der Waals surface area contributed by atoms with Gasteiger partial charge in [0.1, 0.15) is 5.69 Å². The van der Waals surface area contributed by atoms with E-state index in [-0.39, 0.29) is 11.9 Å². The Morgan fingerprint density at radius 2 is 1.65 bits per heavy atom. The van der Waals surface area contributed by atoms with Gasteiger partial charge in [-0.25, -0.2) is 0 Å². The third-order valence-electron chi connectivity index (χ3n) is 4.89. The lowest BCUT2D eigenvalue weighted by Crippen LogP contribution is -2.37. The number of likely N-dealkylation sites (N-methyl/N-ethyl adjacent to an activating group) is 2. The molecular weight excluding hydrogens is 322 g/mol. The van der Waals surface area contributed by atoms with Crippen LogP contribution in [0.2, 0.25) is 0 Å². The summed E-state index contributed by atoms with van der Waals surface area (Å²) in [6.07, 6.45) is 0.822. The highest BCUT2D eigenvalue weighted by Gasteiger charge is 2.26. The van der Waals surface area contributed by atoms with Gasteiger partial charge >= 0.3 is 0 Å². The van der Waals surface area contributed by atoms with E-state index in [1.54, 1.807) is 0 Å². The summed E-state index contributed by atoms with van der Waals surface area (Å²) >= 11 is 0. The van der Waals surface area contributed by atoms with Crippen molar-refractivity contribution in [1.29, 1.82) is 0 Å². The van der Waals surface area contributed by atoms with Crippen molar-refractivity contribution in [3.05, 3.63) is 71.4 Å².